The minimum atomic E-state index is -4.37. The van der Waals surface area contributed by atoms with Gasteiger partial charge in [-0.2, -0.15) is 8.42 Å². The normalized spacial score (nSPS) is 13.1. The number of aromatic nitrogens is 1. The van der Waals surface area contributed by atoms with Crippen LogP contribution in [0.15, 0.2) is 77.5 Å². The molecule has 0 fully saturated rings. The second-order valence-corrected chi connectivity index (χ2v) is 11.4. The summed E-state index contributed by atoms with van der Waals surface area (Å²) in [4.78, 5) is 19.4. The van der Waals surface area contributed by atoms with Crippen LogP contribution in [0, 0.1) is 0 Å². The molecule has 1 amide bonds. The van der Waals surface area contributed by atoms with Crippen LogP contribution in [-0.4, -0.2) is 43.7 Å². The zero-order chi connectivity index (χ0) is 27.0. The SMILES string of the molecule is COCN[C@@H](Cc1ccccc1)C(=O)N[C@@H](Cc1ccc(NS(=O)(=O)O)cc1)c1csc(-c2cccs2)n1. The van der Waals surface area contributed by atoms with Gasteiger partial charge in [0, 0.05) is 12.5 Å². The van der Waals surface area contributed by atoms with Crippen LogP contribution < -0.4 is 15.4 Å². The highest BCUT2D eigenvalue weighted by atomic mass is 32.2. The maximum atomic E-state index is 13.5. The Morgan fingerprint density at radius 3 is 2.39 bits per heavy atom. The molecule has 12 heteroatoms. The first-order valence-corrected chi connectivity index (χ1v) is 14.9. The maximum Gasteiger partial charge on any atom is 0.357 e. The molecule has 0 saturated carbocycles. The number of thiazole rings is 1. The smallest absolute Gasteiger partial charge is 0.357 e. The van der Waals surface area contributed by atoms with Crippen LogP contribution in [0.2, 0.25) is 0 Å². The molecular formula is C26H28N4O5S3. The van der Waals surface area contributed by atoms with E-state index in [0.29, 0.717) is 12.8 Å². The lowest BCUT2D eigenvalue weighted by atomic mass is 10.0. The van der Waals surface area contributed by atoms with Gasteiger partial charge in [0.2, 0.25) is 5.91 Å². The summed E-state index contributed by atoms with van der Waals surface area (Å²) in [5, 5.41) is 11.1. The Morgan fingerprint density at radius 2 is 1.74 bits per heavy atom. The molecular weight excluding hydrogens is 545 g/mol. The van der Waals surface area contributed by atoms with Crippen molar-refractivity contribution in [2.75, 3.05) is 18.6 Å². The first-order valence-electron chi connectivity index (χ1n) is 11.7. The van der Waals surface area contributed by atoms with Gasteiger partial charge in [0.1, 0.15) is 5.01 Å². The van der Waals surface area contributed by atoms with Crippen LogP contribution >= 0.6 is 22.7 Å². The van der Waals surface area contributed by atoms with Crippen molar-refractivity contribution in [3.63, 3.8) is 0 Å². The molecule has 2 aromatic carbocycles. The van der Waals surface area contributed by atoms with Gasteiger partial charge in [-0.3, -0.25) is 19.4 Å². The lowest BCUT2D eigenvalue weighted by Gasteiger charge is -2.23. The number of hydrogen-bond donors (Lipinski definition) is 4. The summed E-state index contributed by atoms with van der Waals surface area (Å²) in [6.07, 6.45) is 0.907. The van der Waals surface area contributed by atoms with E-state index in [9.17, 15) is 13.2 Å². The van der Waals surface area contributed by atoms with Crippen molar-refractivity contribution in [2.45, 2.75) is 24.9 Å². The van der Waals surface area contributed by atoms with E-state index in [-0.39, 0.29) is 18.3 Å². The number of carbonyl (C=O) groups is 1. The zero-order valence-electron chi connectivity index (χ0n) is 20.5. The molecule has 2 heterocycles. The predicted molar refractivity (Wildman–Crippen MR) is 151 cm³/mol. The fourth-order valence-electron chi connectivity index (χ4n) is 3.85. The topological polar surface area (TPSA) is 130 Å². The number of benzene rings is 2. The molecule has 0 spiro atoms. The number of rotatable bonds is 13. The Morgan fingerprint density at radius 1 is 1.00 bits per heavy atom. The molecule has 4 rings (SSSR count). The number of thiophene rings is 1. The summed E-state index contributed by atoms with van der Waals surface area (Å²) in [7, 11) is -2.80. The van der Waals surface area contributed by atoms with Gasteiger partial charge < -0.3 is 10.1 Å². The minimum absolute atomic E-state index is 0.189. The Labute approximate surface area is 229 Å². The van der Waals surface area contributed by atoms with E-state index in [1.54, 1.807) is 42.7 Å². The van der Waals surface area contributed by atoms with Gasteiger partial charge in [-0.15, -0.1) is 22.7 Å². The molecule has 4 aromatic rings. The van der Waals surface area contributed by atoms with Crippen LogP contribution in [0.4, 0.5) is 5.69 Å². The second kappa shape index (κ2) is 13.1. The van der Waals surface area contributed by atoms with Crippen LogP contribution in [-0.2, 0) is 32.7 Å². The van der Waals surface area contributed by atoms with Crippen molar-refractivity contribution in [3.05, 3.63) is 94.3 Å². The number of anilines is 1. The van der Waals surface area contributed by atoms with E-state index < -0.39 is 22.4 Å². The maximum absolute atomic E-state index is 13.5. The number of nitrogens with one attached hydrogen (secondary N) is 3. The molecule has 9 nitrogen and oxygen atoms in total. The van der Waals surface area contributed by atoms with E-state index in [4.69, 9.17) is 14.3 Å². The van der Waals surface area contributed by atoms with Crippen molar-refractivity contribution in [3.8, 4) is 9.88 Å². The van der Waals surface area contributed by atoms with Gasteiger partial charge in [-0.25, -0.2) is 4.98 Å². The molecule has 0 saturated heterocycles. The first-order chi connectivity index (χ1) is 18.3. The highest BCUT2D eigenvalue weighted by Gasteiger charge is 2.25. The van der Waals surface area contributed by atoms with Crippen LogP contribution in [0.5, 0.6) is 0 Å². The fraction of sp³-hybridized carbons (Fsp3) is 0.231. The third kappa shape index (κ3) is 8.18. The van der Waals surface area contributed by atoms with Gasteiger partial charge in [-0.05, 0) is 47.5 Å². The third-order valence-corrected chi connectivity index (χ3v) is 8.03. The summed E-state index contributed by atoms with van der Waals surface area (Å²) in [6.45, 7) is 0.219. The number of carbonyl (C=O) groups excluding carboxylic acids is 1. The fourth-order valence-corrected chi connectivity index (χ4v) is 5.97. The lowest BCUT2D eigenvalue weighted by Crippen LogP contribution is -2.47. The Kier molecular flexibility index (Phi) is 9.61. The summed E-state index contributed by atoms with van der Waals surface area (Å²) in [5.74, 6) is -0.189. The number of amides is 1. The van der Waals surface area contributed by atoms with Crippen molar-refractivity contribution in [1.29, 1.82) is 0 Å². The van der Waals surface area contributed by atoms with E-state index >= 15 is 0 Å². The standard InChI is InChI=1S/C26H28N4O5S3/c1-35-17-27-22(15-18-6-3-2-4-7-18)25(31)28-21(23-16-37-26(29-23)24-8-5-13-36-24)14-19-9-11-20(12-10-19)30-38(32,33)34/h2-13,16,21-22,27,30H,14-15,17H2,1H3,(H,28,31)(H,32,33,34)/t21-,22-/m0/s1. The first kappa shape index (κ1) is 27.9. The average Bonchev–Trinajstić information content (AvgIpc) is 3.59. The monoisotopic (exact) mass is 572 g/mol. The lowest BCUT2D eigenvalue weighted by molar-refractivity contribution is -0.124. The highest BCUT2D eigenvalue weighted by molar-refractivity contribution is 7.87. The van der Waals surface area contributed by atoms with Gasteiger partial charge in [0.15, 0.2) is 0 Å². The van der Waals surface area contributed by atoms with Crippen molar-refractivity contribution >= 4 is 44.6 Å². The Balaban J connectivity index is 1.57. The van der Waals surface area contributed by atoms with E-state index in [2.05, 4.69) is 10.6 Å². The molecule has 0 aliphatic heterocycles. The van der Waals surface area contributed by atoms with Crippen molar-refractivity contribution < 1.29 is 22.5 Å². The predicted octanol–water partition coefficient (Wildman–Crippen LogP) is 4.29. The molecule has 0 aliphatic carbocycles. The molecule has 200 valence electrons. The molecule has 0 radical (unpaired) electrons. The van der Waals surface area contributed by atoms with Crippen LogP contribution in [0.25, 0.3) is 9.88 Å². The largest absolute Gasteiger partial charge is 0.370 e. The van der Waals surface area contributed by atoms with Crippen LogP contribution in [0.3, 0.4) is 0 Å². The summed E-state index contributed by atoms with van der Waals surface area (Å²) >= 11 is 3.12. The zero-order valence-corrected chi connectivity index (χ0v) is 23.0. The average molecular weight is 573 g/mol. The molecule has 0 aliphatic rings. The van der Waals surface area contributed by atoms with Gasteiger partial charge in [0.25, 0.3) is 0 Å². The van der Waals surface area contributed by atoms with E-state index in [0.717, 1.165) is 26.7 Å². The molecule has 0 bridgehead atoms. The summed E-state index contributed by atoms with van der Waals surface area (Å²) < 4.78 is 38.5. The van der Waals surface area contributed by atoms with Gasteiger partial charge >= 0.3 is 10.3 Å². The minimum Gasteiger partial charge on any atom is -0.370 e. The Bertz CT molecular complexity index is 1410. The summed E-state index contributed by atoms with van der Waals surface area (Å²) in [6, 6.07) is 19.4. The highest BCUT2D eigenvalue weighted by Crippen LogP contribution is 2.31. The number of methoxy groups -OCH3 is 1. The third-order valence-electron chi connectivity index (χ3n) is 5.64. The van der Waals surface area contributed by atoms with E-state index in [1.807, 2.05) is 57.9 Å². The molecule has 4 N–H and O–H groups in total. The molecule has 0 unspecified atom stereocenters. The quantitative estimate of drug-likeness (QED) is 0.139. The number of hydrogen-bond acceptors (Lipinski definition) is 8. The summed E-state index contributed by atoms with van der Waals surface area (Å²) in [5.41, 5.74) is 2.84. The van der Waals surface area contributed by atoms with Crippen molar-refractivity contribution in [2.24, 2.45) is 0 Å². The second-order valence-electron chi connectivity index (χ2n) is 8.47. The van der Waals surface area contributed by atoms with Gasteiger partial charge in [0.05, 0.1) is 35.1 Å². The molecule has 38 heavy (non-hydrogen) atoms. The number of nitrogens with zero attached hydrogens (tertiary/aromatic N) is 1. The van der Waals surface area contributed by atoms with Crippen molar-refractivity contribution in [1.82, 2.24) is 15.6 Å². The number of ether oxygens (including phenoxy) is 1. The van der Waals surface area contributed by atoms with E-state index in [1.165, 1.54) is 11.3 Å². The van der Waals surface area contributed by atoms with Gasteiger partial charge in [-0.1, -0.05) is 48.5 Å². The Hall–Kier alpha value is -3.13. The molecule has 2 atom stereocenters. The van der Waals surface area contributed by atoms with Crippen LogP contribution in [0.1, 0.15) is 22.9 Å². The molecule has 2 aromatic heterocycles.